The molecule has 5 nitrogen and oxygen atoms in total. The zero-order valence-electron chi connectivity index (χ0n) is 13.0. The third-order valence-corrected chi connectivity index (χ3v) is 6.08. The Balaban J connectivity index is 1.72. The third-order valence-electron chi connectivity index (χ3n) is 3.74. The summed E-state index contributed by atoms with van der Waals surface area (Å²) in [5.41, 5.74) is 1.01. The standard InChI is InChI=1S/C17H18N2O3S2/c20-17(19-10-12-23-13-11-19)14-6-8-15(9-7-14)18-24(21,22)16-4-2-1-3-5-16/h1-9,18H,10-13H2. The molecule has 0 saturated carbocycles. The first kappa shape index (κ1) is 16.9. The molecule has 2 aromatic rings. The summed E-state index contributed by atoms with van der Waals surface area (Å²) < 4.78 is 27.1. The molecule has 2 aromatic carbocycles. The second-order valence-corrected chi connectivity index (χ2v) is 8.31. The van der Waals surface area contributed by atoms with E-state index >= 15 is 0 Å². The second-order valence-electron chi connectivity index (χ2n) is 5.40. The molecule has 3 rings (SSSR count). The number of benzene rings is 2. The lowest BCUT2D eigenvalue weighted by atomic mass is 10.2. The predicted molar refractivity (Wildman–Crippen MR) is 96.9 cm³/mol. The first-order valence-electron chi connectivity index (χ1n) is 7.61. The summed E-state index contributed by atoms with van der Waals surface area (Å²) in [7, 11) is -3.62. The van der Waals surface area contributed by atoms with E-state index in [-0.39, 0.29) is 10.8 Å². The maximum atomic E-state index is 12.4. The van der Waals surface area contributed by atoms with E-state index in [1.807, 2.05) is 16.7 Å². The van der Waals surface area contributed by atoms with Gasteiger partial charge in [0.1, 0.15) is 0 Å². The van der Waals surface area contributed by atoms with E-state index in [1.54, 1.807) is 42.5 Å². The number of rotatable bonds is 4. The Bertz CT molecular complexity index is 799. The predicted octanol–water partition coefficient (Wildman–Crippen LogP) is 2.68. The van der Waals surface area contributed by atoms with Crippen LogP contribution in [-0.4, -0.2) is 43.8 Å². The lowest BCUT2D eigenvalue weighted by Gasteiger charge is -2.26. The number of hydrogen-bond acceptors (Lipinski definition) is 4. The van der Waals surface area contributed by atoms with Gasteiger partial charge < -0.3 is 4.90 Å². The Morgan fingerprint density at radius 1 is 0.958 bits per heavy atom. The summed E-state index contributed by atoms with van der Waals surface area (Å²) in [6.45, 7) is 1.51. The maximum absolute atomic E-state index is 12.4. The number of thioether (sulfide) groups is 1. The van der Waals surface area contributed by atoms with Crippen LogP contribution >= 0.6 is 11.8 Å². The summed E-state index contributed by atoms with van der Waals surface area (Å²) in [6.07, 6.45) is 0. The molecule has 0 aromatic heterocycles. The molecule has 0 radical (unpaired) electrons. The average Bonchev–Trinajstić information content (AvgIpc) is 2.63. The maximum Gasteiger partial charge on any atom is 0.261 e. The van der Waals surface area contributed by atoms with E-state index in [0.717, 1.165) is 24.6 Å². The minimum atomic E-state index is -3.62. The van der Waals surface area contributed by atoms with Crippen LogP contribution in [0.5, 0.6) is 0 Å². The highest BCUT2D eigenvalue weighted by Crippen LogP contribution is 2.18. The fourth-order valence-electron chi connectivity index (χ4n) is 2.44. The van der Waals surface area contributed by atoms with Gasteiger partial charge in [-0.05, 0) is 36.4 Å². The Labute approximate surface area is 146 Å². The highest BCUT2D eigenvalue weighted by molar-refractivity contribution is 7.99. The number of nitrogens with one attached hydrogen (secondary N) is 1. The SMILES string of the molecule is O=C(c1ccc(NS(=O)(=O)c2ccccc2)cc1)N1CCSCC1. The van der Waals surface area contributed by atoms with E-state index in [0.29, 0.717) is 11.3 Å². The summed E-state index contributed by atoms with van der Waals surface area (Å²) >= 11 is 1.85. The lowest BCUT2D eigenvalue weighted by molar-refractivity contribution is 0.0772. The minimum Gasteiger partial charge on any atom is -0.337 e. The molecule has 0 unspecified atom stereocenters. The number of amides is 1. The van der Waals surface area contributed by atoms with Gasteiger partial charge in [0.15, 0.2) is 0 Å². The van der Waals surface area contributed by atoms with E-state index in [2.05, 4.69) is 4.72 Å². The molecule has 7 heteroatoms. The van der Waals surface area contributed by atoms with Gasteiger partial charge in [0.2, 0.25) is 0 Å². The molecule has 1 fully saturated rings. The molecule has 24 heavy (non-hydrogen) atoms. The monoisotopic (exact) mass is 362 g/mol. The zero-order valence-corrected chi connectivity index (χ0v) is 14.6. The van der Waals surface area contributed by atoms with Crippen LogP contribution in [0.15, 0.2) is 59.5 Å². The molecule has 0 atom stereocenters. The number of carbonyl (C=O) groups excluding carboxylic acids is 1. The van der Waals surface area contributed by atoms with Crippen molar-refractivity contribution in [1.82, 2.24) is 4.90 Å². The first-order valence-corrected chi connectivity index (χ1v) is 10.2. The fraction of sp³-hybridized carbons (Fsp3) is 0.235. The van der Waals surface area contributed by atoms with Crippen molar-refractivity contribution in [3.8, 4) is 0 Å². The molecule has 1 N–H and O–H groups in total. The molecule has 1 saturated heterocycles. The van der Waals surface area contributed by atoms with Crippen molar-refractivity contribution in [2.45, 2.75) is 4.90 Å². The summed E-state index contributed by atoms with van der Waals surface area (Å²) in [5.74, 6) is 1.91. The van der Waals surface area contributed by atoms with Crippen LogP contribution in [0.4, 0.5) is 5.69 Å². The molecule has 0 aliphatic carbocycles. The number of sulfonamides is 1. The second kappa shape index (κ2) is 7.27. The first-order chi connectivity index (χ1) is 11.6. The van der Waals surface area contributed by atoms with Crippen molar-refractivity contribution in [2.24, 2.45) is 0 Å². The van der Waals surface area contributed by atoms with Crippen molar-refractivity contribution in [3.05, 3.63) is 60.2 Å². The molecular weight excluding hydrogens is 344 g/mol. The van der Waals surface area contributed by atoms with Gasteiger partial charge >= 0.3 is 0 Å². The smallest absolute Gasteiger partial charge is 0.261 e. The molecule has 1 amide bonds. The van der Waals surface area contributed by atoms with Gasteiger partial charge in [0, 0.05) is 35.8 Å². The number of carbonyl (C=O) groups is 1. The quantitative estimate of drug-likeness (QED) is 0.908. The van der Waals surface area contributed by atoms with Crippen LogP contribution in [0.1, 0.15) is 10.4 Å². The molecule has 126 valence electrons. The van der Waals surface area contributed by atoms with E-state index in [1.165, 1.54) is 12.1 Å². The number of nitrogens with zero attached hydrogens (tertiary/aromatic N) is 1. The summed E-state index contributed by atoms with van der Waals surface area (Å²) in [6, 6.07) is 14.7. The molecule has 1 aliphatic heterocycles. The van der Waals surface area contributed by atoms with Gasteiger partial charge in [0.05, 0.1) is 4.90 Å². The zero-order chi connectivity index (χ0) is 17.0. The van der Waals surface area contributed by atoms with Gasteiger partial charge in [-0.1, -0.05) is 18.2 Å². The van der Waals surface area contributed by atoms with Crippen molar-refractivity contribution < 1.29 is 13.2 Å². The van der Waals surface area contributed by atoms with Crippen LogP contribution in [0.3, 0.4) is 0 Å². The average molecular weight is 362 g/mol. The van der Waals surface area contributed by atoms with Crippen LogP contribution in [0, 0.1) is 0 Å². The largest absolute Gasteiger partial charge is 0.337 e. The Kier molecular flexibility index (Phi) is 5.11. The van der Waals surface area contributed by atoms with Crippen LogP contribution < -0.4 is 4.72 Å². The van der Waals surface area contributed by atoms with Gasteiger partial charge in [-0.15, -0.1) is 0 Å². The third kappa shape index (κ3) is 3.91. The normalized spacial score (nSPS) is 15.1. The van der Waals surface area contributed by atoms with Crippen molar-refractivity contribution >= 4 is 33.4 Å². The molecule has 0 bridgehead atoms. The Hall–Kier alpha value is -1.99. The minimum absolute atomic E-state index is 0.00670. The molecule has 1 heterocycles. The number of anilines is 1. The highest BCUT2D eigenvalue weighted by atomic mass is 32.2. The van der Waals surface area contributed by atoms with E-state index in [9.17, 15) is 13.2 Å². The lowest BCUT2D eigenvalue weighted by Crippen LogP contribution is -2.37. The van der Waals surface area contributed by atoms with Gasteiger partial charge in [0.25, 0.3) is 15.9 Å². The van der Waals surface area contributed by atoms with E-state index in [4.69, 9.17) is 0 Å². The van der Waals surface area contributed by atoms with Crippen molar-refractivity contribution in [1.29, 1.82) is 0 Å². The van der Waals surface area contributed by atoms with Crippen LogP contribution in [0.2, 0.25) is 0 Å². The Morgan fingerprint density at radius 2 is 1.58 bits per heavy atom. The van der Waals surface area contributed by atoms with Crippen molar-refractivity contribution in [2.75, 3.05) is 29.3 Å². The van der Waals surface area contributed by atoms with Crippen LogP contribution in [0.25, 0.3) is 0 Å². The molecule has 0 spiro atoms. The highest BCUT2D eigenvalue weighted by Gasteiger charge is 2.19. The van der Waals surface area contributed by atoms with Gasteiger partial charge in [-0.25, -0.2) is 8.42 Å². The summed E-state index contributed by atoms with van der Waals surface area (Å²) in [5, 5.41) is 0. The Morgan fingerprint density at radius 3 is 2.21 bits per heavy atom. The topological polar surface area (TPSA) is 66.5 Å². The van der Waals surface area contributed by atoms with Gasteiger partial charge in [-0.3, -0.25) is 9.52 Å². The molecular formula is C17H18N2O3S2. The van der Waals surface area contributed by atoms with Crippen molar-refractivity contribution in [3.63, 3.8) is 0 Å². The summed E-state index contributed by atoms with van der Waals surface area (Å²) in [4.78, 5) is 14.4. The molecule has 1 aliphatic rings. The van der Waals surface area contributed by atoms with Gasteiger partial charge in [-0.2, -0.15) is 11.8 Å². The van der Waals surface area contributed by atoms with Crippen LogP contribution in [-0.2, 0) is 10.0 Å². The number of hydrogen-bond donors (Lipinski definition) is 1. The fourth-order valence-corrected chi connectivity index (χ4v) is 4.43. The van der Waals surface area contributed by atoms with E-state index < -0.39 is 10.0 Å².